The van der Waals surface area contributed by atoms with Crippen molar-refractivity contribution in [2.24, 2.45) is 5.92 Å². The van der Waals surface area contributed by atoms with E-state index in [2.05, 4.69) is 40.5 Å². The molecule has 0 unspecified atom stereocenters. The zero-order valence-corrected chi connectivity index (χ0v) is 13.4. The van der Waals surface area contributed by atoms with Crippen molar-refractivity contribution in [3.63, 3.8) is 0 Å². The number of aromatic nitrogens is 2. The Morgan fingerprint density at radius 2 is 1.87 bits per heavy atom. The Labute approximate surface area is 136 Å². The number of carbonyl (C=O) groups excluding carboxylic acids is 1. The predicted molar refractivity (Wildman–Crippen MR) is 89.3 cm³/mol. The van der Waals surface area contributed by atoms with Gasteiger partial charge in [0, 0.05) is 24.7 Å². The highest BCUT2D eigenvalue weighted by Crippen LogP contribution is 2.39. The lowest BCUT2D eigenvalue weighted by Gasteiger charge is -2.31. The number of carbonyl (C=O) groups is 1. The molecule has 0 radical (unpaired) electrons. The standard InChI is InChI=1S/C19H23N3O/c23-19(18-13-17(20-21-18)16-6-7-16)22-10-8-15(9-11-22)12-14-4-2-1-3-5-14/h1-5,13,15-16H,6-12H2,(H,20,21). The normalized spacial score (nSPS) is 19.0. The number of H-pyrrole nitrogens is 1. The van der Waals surface area contributed by atoms with Crippen LogP contribution in [0.3, 0.4) is 0 Å². The van der Waals surface area contributed by atoms with Gasteiger partial charge in [-0.15, -0.1) is 0 Å². The van der Waals surface area contributed by atoms with Crippen LogP contribution in [0.2, 0.25) is 0 Å². The molecule has 2 aliphatic rings. The summed E-state index contributed by atoms with van der Waals surface area (Å²) in [6, 6.07) is 12.6. The van der Waals surface area contributed by atoms with Crippen molar-refractivity contribution in [1.29, 1.82) is 0 Å². The van der Waals surface area contributed by atoms with Gasteiger partial charge in [0.1, 0.15) is 5.69 Å². The molecule has 0 atom stereocenters. The average Bonchev–Trinajstić information content (AvgIpc) is 3.33. The molecule has 1 aromatic heterocycles. The summed E-state index contributed by atoms with van der Waals surface area (Å²) in [5.74, 6) is 1.38. The van der Waals surface area contributed by atoms with Crippen molar-refractivity contribution in [3.8, 4) is 0 Å². The van der Waals surface area contributed by atoms with E-state index in [1.807, 2.05) is 11.0 Å². The highest BCUT2D eigenvalue weighted by atomic mass is 16.2. The largest absolute Gasteiger partial charge is 0.337 e. The summed E-state index contributed by atoms with van der Waals surface area (Å²) in [5.41, 5.74) is 3.12. The zero-order chi connectivity index (χ0) is 15.6. The fourth-order valence-electron chi connectivity index (χ4n) is 3.50. The number of hydrogen-bond donors (Lipinski definition) is 1. The maximum absolute atomic E-state index is 12.6. The minimum Gasteiger partial charge on any atom is -0.337 e. The number of benzene rings is 1. The molecule has 4 nitrogen and oxygen atoms in total. The summed E-state index contributed by atoms with van der Waals surface area (Å²) >= 11 is 0. The van der Waals surface area contributed by atoms with Crippen LogP contribution in [0.25, 0.3) is 0 Å². The van der Waals surface area contributed by atoms with Gasteiger partial charge in [0.15, 0.2) is 0 Å². The monoisotopic (exact) mass is 309 g/mol. The average molecular weight is 309 g/mol. The highest BCUT2D eigenvalue weighted by molar-refractivity contribution is 5.92. The van der Waals surface area contributed by atoms with Crippen molar-refractivity contribution < 1.29 is 4.79 Å². The third-order valence-corrected chi connectivity index (χ3v) is 5.10. The smallest absolute Gasteiger partial charge is 0.274 e. The Morgan fingerprint density at radius 3 is 2.57 bits per heavy atom. The van der Waals surface area contributed by atoms with Crippen molar-refractivity contribution in [3.05, 3.63) is 53.3 Å². The maximum atomic E-state index is 12.6. The molecule has 23 heavy (non-hydrogen) atoms. The third kappa shape index (κ3) is 3.31. The summed E-state index contributed by atoms with van der Waals surface area (Å²) in [6.07, 6.45) is 5.74. The highest BCUT2D eigenvalue weighted by Gasteiger charge is 2.29. The minimum absolute atomic E-state index is 0.0892. The molecule has 1 saturated heterocycles. The van der Waals surface area contributed by atoms with Crippen molar-refractivity contribution >= 4 is 5.91 Å². The molecule has 1 aromatic carbocycles. The van der Waals surface area contributed by atoms with Crippen LogP contribution < -0.4 is 0 Å². The Balaban J connectivity index is 1.32. The van der Waals surface area contributed by atoms with Crippen LogP contribution in [0.4, 0.5) is 0 Å². The van der Waals surface area contributed by atoms with Gasteiger partial charge in [-0.05, 0) is 49.7 Å². The van der Waals surface area contributed by atoms with E-state index in [0.717, 1.165) is 38.0 Å². The quantitative estimate of drug-likeness (QED) is 0.941. The van der Waals surface area contributed by atoms with E-state index in [-0.39, 0.29) is 5.91 Å². The number of likely N-dealkylation sites (tertiary alicyclic amines) is 1. The Morgan fingerprint density at radius 1 is 1.13 bits per heavy atom. The van der Waals surface area contributed by atoms with Gasteiger partial charge in [-0.1, -0.05) is 30.3 Å². The van der Waals surface area contributed by atoms with E-state index in [4.69, 9.17) is 0 Å². The maximum Gasteiger partial charge on any atom is 0.274 e. The van der Waals surface area contributed by atoms with Crippen molar-refractivity contribution in [1.82, 2.24) is 15.1 Å². The SMILES string of the molecule is O=C(c1cc(C2CC2)[nH]n1)N1CCC(Cc2ccccc2)CC1. The topological polar surface area (TPSA) is 49.0 Å². The first-order valence-corrected chi connectivity index (χ1v) is 8.68. The molecular weight excluding hydrogens is 286 g/mol. The number of piperidine rings is 1. The van der Waals surface area contributed by atoms with Crippen molar-refractivity contribution in [2.75, 3.05) is 13.1 Å². The second-order valence-electron chi connectivity index (χ2n) is 6.91. The molecule has 1 aliphatic carbocycles. The molecule has 120 valence electrons. The first kappa shape index (κ1) is 14.5. The Bertz CT molecular complexity index is 667. The van der Waals surface area contributed by atoms with E-state index >= 15 is 0 Å². The predicted octanol–water partition coefficient (Wildman–Crippen LogP) is 3.38. The molecule has 1 saturated carbocycles. The lowest BCUT2D eigenvalue weighted by molar-refractivity contribution is 0.0684. The number of rotatable bonds is 4. The van der Waals surface area contributed by atoms with Crippen LogP contribution in [0, 0.1) is 5.92 Å². The van der Waals surface area contributed by atoms with E-state index in [9.17, 15) is 4.79 Å². The fraction of sp³-hybridized carbons (Fsp3) is 0.474. The summed E-state index contributed by atoms with van der Waals surface area (Å²) in [4.78, 5) is 14.5. The van der Waals surface area contributed by atoms with Crippen LogP contribution in [-0.4, -0.2) is 34.1 Å². The number of amides is 1. The van der Waals surface area contributed by atoms with Crippen LogP contribution in [-0.2, 0) is 6.42 Å². The van der Waals surface area contributed by atoms with Gasteiger partial charge in [0.2, 0.25) is 0 Å². The van der Waals surface area contributed by atoms with E-state index in [1.165, 1.54) is 18.4 Å². The molecular formula is C19H23N3O. The van der Waals surface area contributed by atoms with E-state index in [1.54, 1.807) is 0 Å². The molecule has 1 amide bonds. The first-order valence-electron chi connectivity index (χ1n) is 8.68. The van der Waals surface area contributed by atoms with Gasteiger partial charge in [-0.25, -0.2) is 0 Å². The Hall–Kier alpha value is -2.10. The lowest BCUT2D eigenvalue weighted by Crippen LogP contribution is -2.39. The molecule has 1 aliphatic heterocycles. The number of aromatic amines is 1. The van der Waals surface area contributed by atoms with E-state index < -0.39 is 0 Å². The van der Waals surface area contributed by atoms with E-state index in [0.29, 0.717) is 17.5 Å². The van der Waals surface area contributed by atoms with Gasteiger partial charge in [0.05, 0.1) is 0 Å². The van der Waals surface area contributed by atoms with Gasteiger partial charge >= 0.3 is 0 Å². The minimum atomic E-state index is 0.0892. The van der Waals surface area contributed by atoms with Crippen LogP contribution in [0.5, 0.6) is 0 Å². The molecule has 0 bridgehead atoms. The van der Waals surface area contributed by atoms with Crippen molar-refractivity contribution in [2.45, 2.75) is 38.0 Å². The second kappa shape index (κ2) is 6.19. The molecule has 2 fully saturated rings. The Kier molecular flexibility index (Phi) is 3.90. The summed E-state index contributed by atoms with van der Waals surface area (Å²) < 4.78 is 0. The number of hydrogen-bond acceptors (Lipinski definition) is 2. The first-order chi connectivity index (χ1) is 11.3. The van der Waals surface area contributed by atoms with Gasteiger partial charge < -0.3 is 4.90 Å². The summed E-state index contributed by atoms with van der Waals surface area (Å²) in [7, 11) is 0. The fourth-order valence-corrected chi connectivity index (χ4v) is 3.50. The molecule has 2 heterocycles. The van der Waals surface area contributed by atoms with Gasteiger partial charge in [-0.3, -0.25) is 9.89 Å². The molecule has 0 spiro atoms. The summed E-state index contributed by atoms with van der Waals surface area (Å²) in [5, 5.41) is 7.25. The molecule has 4 heteroatoms. The van der Waals surface area contributed by atoms with Crippen LogP contribution in [0.1, 0.15) is 53.3 Å². The van der Waals surface area contributed by atoms with Crippen LogP contribution >= 0.6 is 0 Å². The molecule has 2 aromatic rings. The third-order valence-electron chi connectivity index (χ3n) is 5.10. The zero-order valence-electron chi connectivity index (χ0n) is 13.4. The lowest BCUT2D eigenvalue weighted by atomic mass is 9.90. The van der Waals surface area contributed by atoms with Gasteiger partial charge in [0.25, 0.3) is 5.91 Å². The summed E-state index contributed by atoms with van der Waals surface area (Å²) in [6.45, 7) is 1.70. The number of nitrogens with one attached hydrogen (secondary N) is 1. The van der Waals surface area contributed by atoms with Gasteiger partial charge in [-0.2, -0.15) is 5.10 Å². The molecule has 4 rings (SSSR count). The second-order valence-corrected chi connectivity index (χ2v) is 6.91. The molecule has 1 N–H and O–H groups in total. The van der Waals surface area contributed by atoms with Crippen LogP contribution in [0.15, 0.2) is 36.4 Å². The number of nitrogens with zero attached hydrogens (tertiary/aromatic N) is 2.